The third-order valence-electron chi connectivity index (χ3n) is 6.07. The summed E-state index contributed by atoms with van der Waals surface area (Å²) in [4.78, 5) is 26.7. The van der Waals surface area contributed by atoms with Gasteiger partial charge in [-0.15, -0.1) is 0 Å². The van der Waals surface area contributed by atoms with Crippen LogP contribution in [-0.2, 0) is 17.8 Å². The molecule has 1 atom stereocenters. The van der Waals surface area contributed by atoms with Gasteiger partial charge in [0.1, 0.15) is 0 Å². The maximum Gasteiger partial charge on any atom is 0.251 e. The third kappa shape index (κ3) is 5.85. The Labute approximate surface area is 190 Å². The highest BCUT2D eigenvalue weighted by Gasteiger charge is 2.20. The second-order valence-electron chi connectivity index (χ2n) is 8.43. The molecular formula is C28H30N2O2. The van der Waals surface area contributed by atoms with Gasteiger partial charge in [-0.3, -0.25) is 9.59 Å². The van der Waals surface area contributed by atoms with Gasteiger partial charge in [0.25, 0.3) is 5.91 Å². The van der Waals surface area contributed by atoms with Crippen molar-refractivity contribution < 1.29 is 9.59 Å². The molecule has 0 spiro atoms. The van der Waals surface area contributed by atoms with Gasteiger partial charge in [0.2, 0.25) is 5.91 Å². The Bertz CT molecular complexity index is 1020. The van der Waals surface area contributed by atoms with Crippen molar-refractivity contribution >= 4 is 11.8 Å². The number of nitrogens with zero attached hydrogens (tertiary/aromatic N) is 1. The molecule has 3 aromatic rings. The Balaban J connectivity index is 1.38. The predicted octanol–water partition coefficient (Wildman–Crippen LogP) is 5.30. The molecule has 2 amide bonds. The Morgan fingerprint density at radius 3 is 2.22 bits per heavy atom. The minimum Gasteiger partial charge on any atom is -0.345 e. The molecule has 0 aromatic heterocycles. The number of hydrogen-bond acceptors (Lipinski definition) is 2. The fourth-order valence-electron chi connectivity index (χ4n) is 4.26. The quantitative estimate of drug-likeness (QED) is 0.505. The monoisotopic (exact) mass is 426 g/mol. The third-order valence-corrected chi connectivity index (χ3v) is 6.07. The fourth-order valence-corrected chi connectivity index (χ4v) is 4.26. The van der Waals surface area contributed by atoms with E-state index in [0.29, 0.717) is 18.5 Å². The van der Waals surface area contributed by atoms with Crippen LogP contribution in [0.15, 0.2) is 84.9 Å². The molecule has 1 N–H and O–H groups in total. The van der Waals surface area contributed by atoms with Crippen molar-refractivity contribution in [3.05, 3.63) is 107 Å². The first-order valence-electron chi connectivity index (χ1n) is 11.5. The van der Waals surface area contributed by atoms with Gasteiger partial charge in [-0.1, -0.05) is 72.8 Å². The molecule has 32 heavy (non-hydrogen) atoms. The van der Waals surface area contributed by atoms with Crippen LogP contribution in [0.25, 0.3) is 0 Å². The minimum atomic E-state index is -0.0673. The summed E-state index contributed by atoms with van der Waals surface area (Å²) < 4.78 is 0. The molecular weight excluding hydrogens is 396 g/mol. The van der Waals surface area contributed by atoms with E-state index in [0.717, 1.165) is 43.4 Å². The Morgan fingerprint density at radius 1 is 0.875 bits per heavy atom. The number of carbonyl (C=O) groups excluding carboxylic acids is 2. The lowest BCUT2D eigenvalue weighted by molar-refractivity contribution is -0.128. The van der Waals surface area contributed by atoms with E-state index in [1.165, 1.54) is 5.56 Å². The molecule has 3 aromatic carbocycles. The number of benzene rings is 3. The Hall–Kier alpha value is -3.40. The molecule has 0 bridgehead atoms. The Morgan fingerprint density at radius 2 is 1.56 bits per heavy atom. The summed E-state index contributed by atoms with van der Waals surface area (Å²) in [7, 11) is 0. The number of likely N-dealkylation sites (tertiary alicyclic amines) is 1. The van der Waals surface area contributed by atoms with Crippen LogP contribution in [0.4, 0.5) is 0 Å². The highest BCUT2D eigenvalue weighted by atomic mass is 16.2. The lowest BCUT2D eigenvalue weighted by Gasteiger charge is -2.20. The molecule has 1 unspecified atom stereocenters. The zero-order valence-electron chi connectivity index (χ0n) is 18.4. The van der Waals surface area contributed by atoms with Gasteiger partial charge < -0.3 is 10.2 Å². The van der Waals surface area contributed by atoms with E-state index < -0.39 is 0 Å². The summed E-state index contributed by atoms with van der Waals surface area (Å²) in [5.41, 5.74) is 4.14. The number of hydrogen-bond donors (Lipinski definition) is 1. The van der Waals surface area contributed by atoms with E-state index in [4.69, 9.17) is 0 Å². The number of rotatable bonds is 9. The van der Waals surface area contributed by atoms with Gasteiger partial charge in [0, 0.05) is 25.1 Å². The average molecular weight is 427 g/mol. The summed E-state index contributed by atoms with van der Waals surface area (Å²) in [5.74, 6) is 0.149. The topological polar surface area (TPSA) is 49.4 Å². The SMILES string of the molecule is O=C(NC(CCCc1ccccc1)c1ccccc1)c1ccc(CN2CCCC2=O)cc1. The number of nitrogens with one attached hydrogen (secondary N) is 1. The molecule has 1 aliphatic rings. The normalized spacial score (nSPS) is 14.4. The van der Waals surface area contributed by atoms with Crippen molar-refractivity contribution in [2.45, 2.75) is 44.7 Å². The van der Waals surface area contributed by atoms with Gasteiger partial charge in [-0.05, 0) is 54.5 Å². The van der Waals surface area contributed by atoms with Crippen LogP contribution >= 0.6 is 0 Å². The molecule has 0 saturated carbocycles. The first-order valence-corrected chi connectivity index (χ1v) is 11.5. The van der Waals surface area contributed by atoms with Gasteiger partial charge in [0.05, 0.1) is 6.04 Å². The standard InChI is InChI=1S/C28H30N2O2/c31-27-15-8-20-30(27)21-23-16-18-25(19-17-23)28(32)29-26(24-12-5-2-6-13-24)14-7-11-22-9-3-1-4-10-22/h1-6,9-10,12-13,16-19,26H,7-8,11,14-15,20-21H2,(H,29,32). The van der Waals surface area contributed by atoms with E-state index in [1.807, 2.05) is 53.4 Å². The van der Waals surface area contributed by atoms with E-state index in [-0.39, 0.29) is 17.9 Å². The molecule has 164 valence electrons. The zero-order chi connectivity index (χ0) is 22.2. The zero-order valence-corrected chi connectivity index (χ0v) is 18.4. The van der Waals surface area contributed by atoms with E-state index >= 15 is 0 Å². The van der Waals surface area contributed by atoms with Crippen molar-refractivity contribution in [3.8, 4) is 0 Å². The van der Waals surface area contributed by atoms with Crippen molar-refractivity contribution in [1.82, 2.24) is 10.2 Å². The molecule has 0 aliphatic carbocycles. The summed E-state index contributed by atoms with van der Waals surface area (Å²) in [6, 6.07) is 28.2. The van der Waals surface area contributed by atoms with Crippen LogP contribution in [0.5, 0.6) is 0 Å². The predicted molar refractivity (Wildman–Crippen MR) is 127 cm³/mol. The van der Waals surface area contributed by atoms with Crippen LogP contribution in [0, 0.1) is 0 Å². The van der Waals surface area contributed by atoms with Crippen LogP contribution < -0.4 is 5.32 Å². The van der Waals surface area contributed by atoms with E-state index in [2.05, 4.69) is 41.7 Å². The van der Waals surface area contributed by atoms with Crippen molar-refractivity contribution in [2.24, 2.45) is 0 Å². The second kappa shape index (κ2) is 10.8. The number of carbonyl (C=O) groups is 2. The second-order valence-corrected chi connectivity index (χ2v) is 8.43. The fraction of sp³-hybridized carbons (Fsp3) is 0.286. The van der Waals surface area contributed by atoms with E-state index in [9.17, 15) is 9.59 Å². The number of amides is 2. The molecule has 0 radical (unpaired) electrons. The molecule has 1 aliphatic heterocycles. The molecule has 4 nitrogen and oxygen atoms in total. The largest absolute Gasteiger partial charge is 0.345 e. The summed E-state index contributed by atoms with van der Waals surface area (Å²) in [6.45, 7) is 1.44. The van der Waals surface area contributed by atoms with Gasteiger partial charge >= 0.3 is 0 Å². The van der Waals surface area contributed by atoms with Crippen LogP contribution in [0.2, 0.25) is 0 Å². The summed E-state index contributed by atoms with van der Waals surface area (Å²) in [5, 5.41) is 3.23. The maximum atomic E-state index is 13.0. The highest BCUT2D eigenvalue weighted by molar-refractivity contribution is 5.94. The highest BCUT2D eigenvalue weighted by Crippen LogP contribution is 2.21. The number of aryl methyl sites for hydroxylation is 1. The molecule has 1 fully saturated rings. The van der Waals surface area contributed by atoms with Crippen LogP contribution in [0.3, 0.4) is 0 Å². The smallest absolute Gasteiger partial charge is 0.251 e. The Kier molecular flexibility index (Phi) is 7.34. The molecule has 1 saturated heterocycles. The summed E-state index contributed by atoms with van der Waals surface area (Å²) in [6.07, 6.45) is 4.44. The van der Waals surface area contributed by atoms with Crippen LogP contribution in [0.1, 0.15) is 58.8 Å². The van der Waals surface area contributed by atoms with Crippen molar-refractivity contribution in [3.63, 3.8) is 0 Å². The van der Waals surface area contributed by atoms with Gasteiger partial charge in [-0.25, -0.2) is 0 Å². The maximum absolute atomic E-state index is 13.0. The van der Waals surface area contributed by atoms with E-state index in [1.54, 1.807) is 0 Å². The van der Waals surface area contributed by atoms with Gasteiger partial charge in [0.15, 0.2) is 0 Å². The van der Waals surface area contributed by atoms with Crippen molar-refractivity contribution in [2.75, 3.05) is 6.54 Å². The molecule has 4 rings (SSSR count). The molecule has 1 heterocycles. The molecule has 4 heteroatoms. The lowest BCUT2D eigenvalue weighted by atomic mass is 9.98. The van der Waals surface area contributed by atoms with Crippen LogP contribution in [-0.4, -0.2) is 23.3 Å². The van der Waals surface area contributed by atoms with Gasteiger partial charge in [-0.2, -0.15) is 0 Å². The minimum absolute atomic E-state index is 0.0330. The first-order chi connectivity index (χ1) is 15.7. The lowest BCUT2D eigenvalue weighted by Crippen LogP contribution is -2.28. The first kappa shape index (κ1) is 21.8. The van der Waals surface area contributed by atoms with Crippen molar-refractivity contribution in [1.29, 1.82) is 0 Å². The summed E-state index contributed by atoms with van der Waals surface area (Å²) >= 11 is 0. The average Bonchev–Trinajstić information content (AvgIpc) is 3.24.